The van der Waals surface area contributed by atoms with Gasteiger partial charge in [-0.15, -0.1) is 0 Å². The molecule has 0 saturated carbocycles. The summed E-state index contributed by atoms with van der Waals surface area (Å²) in [6.07, 6.45) is -7.78. The molecule has 11 heteroatoms. The fraction of sp³-hybridized carbons (Fsp3) is 0.667. The number of rotatable bonds is 5. The highest BCUT2D eigenvalue weighted by Crippen LogP contribution is 2.42. The Kier molecular flexibility index (Phi) is 7.81. The van der Waals surface area contributed by atoms with Gasteiger partial charge in [0.15, 0.2) is 14.4 Å². The number of hydrogen-bond acceptors (Lipinski definition) is 5. The Bertz CT molecular complexity index is 901. The molecule has 0 aliphatic carbocycles. The molecule has 1 aromatic rings. The highest BCUT2D eigenvalue weighted by atomic mass is 28.4. The summed E-state index contributed by atoms with van der Waals surface area (Å²) in [6.45, 7) is 9.94. The molecule has 4 atom stereocenters. The number of benzene rings is 1. The molecule has 2 heterocycles. The van der Waals surface area contributed by atoms with Crippen molar-refractivity contribution >= 4 is 20.5 Å². The molecule has 2 fully saturated rings. The van der Waals surface area contributed by atoms with Gasteiger partial charge < -0.3 is 13.9 Å². The van der Waals surface area contributed by atoms with E-state index < -0.39 is 56.5 Å². The second-order valence-electron chi connectivity index (χ2n) is 11.1. The lowest BCUT2D eigenvalue weighted by Gasteiger charge is -2.49. The second-order valence-corrected chi connectivity index (χ2v) is 15.5. The maximum atomic E-state index is 14.4. The molecule has 0 unspecified atom stereocenters. The van der Waals surface area contributed by atoms with E-state index in [1.807, 2.05) is 6.07 Å². The van der Waals surface area contributed by atoms with E-state index in [4.69, 9.17) is 13.9 Å². The maximum absolute atomic E-state index is 14.4. The summed E-state index contributed by atoms with van der Waals surface area (Å²) in [7, 11) is -2.70. The normalized spacial score (nSPS) is 23.7. The lowest BCUT2D eigenvalue weighted by Crippen LogP contribution is -2.69. The number of fused-ring (bicyclic) bond motifs is 2. The first kappa shape index (κ1) is 27.3. The van der Waals surface area contributed by atoms with Crippen molar-refractivity contribution in [2.24, 2.45) is 0 Å². The third-order valence-corrected chi connectivity index (χ3v) is 6.83. The van der Waals surface area contributed by atoms with Gasteiger partial charge in [-0.1, -0.05) is 30.3 Å². The Labute approximate surface area is 205 Å². The van der Waals surface area contributed by atoms with Gasteiger partial charge in [-0.25, -0.2) is 9.59 Å². The summed E-state index contributed by atoms with van der Waals surface area (Å²) in [6, 6.07) is 6.10. The number of carbonyl (C=O) groups is 2. The molecule has 7 nitrogen and oxygen atoms in total. The number of likely N-dealkylation sites (tertiary alicyclic amines) is 1. The van der Waals surface area contributed by atoms with Crippen LogP contribution in [0.1, 0.15) is 39.2 Å². The Morgan fingerprint density at radius 2 is 1.69 bits per heavy atom. The van der Waals surface area contributed by atoms with E-state index in [1.54, 1.807) is 64.7 Å². The third kappa shape index (κ3) is 6.90. The molecule has 2 aliphatic heterocycles. The van der Waals surface area contributed by atoms with Gasteiger partial charge in [0.05, 0.1) is 18.1 Å². The molecule has 0 radical (unpaired) electrons. The Morgan fingerprint density at radius 1 is 1.06 bits per heavy atom. The minimum absolute atomic E-state index is 0.0699. The molecule has 2 amide bonds. The molecular formula is C24H35F3N2O5Si. The number of ether oxygens (including phenoxy) is 2. The Morgan fingerprint density at radius 3 is 2.23 bits per heavy atom. The van der Waals surface area contributed by atoms with Crippen molar-refractivity contribution in [3.05, 3.63) is 35.9 Å². The van der Waals surface area contributed by atoms with Crippen molar-refractivity contribution in [1.82, 2.24) is 9.80 Å². The molecule has 1 aromatic carbocycles. The highest BCUT2D eigenvalue weighted by Gasteiger charge is 2.60. The van der Waals surface area contributed by atoms with E-state index in [0.717, 1.165) is 10.5 Å². The van der Waals surface area contributed by atoms with Crippen molar-refractivity contribution in [2.45, 2.75) is 95.9 Å². The maximum Gasteiger partial charge on any atom is 0.415 e. The van der Waals surface area contributed by atoms with Gasteiger partial charge in [0.1, 0.15) is 12.2 Å². The zero-order valence-corrected chi connectivity index (χ0v) is 22.1. The molecule has 0 N–H and O–H groups in total. The number of amides is 2. The van der Waals surface area contributed by atoms with Crippen molar-refractivity contribution in [3.8, 4) is 0 Å². The monoisotopic (exact) mass is 516 g/mol. The van der Waals surface area contributed by atoms with E-state index in [2.05, 4.69) is 0 Å². The Balaban J connectivity index is 1.94. The van der Waals surface area contributed by atoms with Gasteiger partial charge in [0.2, 0.25) is 0 Å². The summed E-state index contributed by atoms with van der Waals surface area (Å²) >= 11 is 0. The highest BCUT2D eigenvalue weighted by molar-refractivity contribution is 6.69. The number of alkyl halides is 3. The fourth-order valence-corrected chi connectivity index (χ4v) is 5.69. The summed E-state index contributed by atoms with van der Waals surface area (Å²) in [4.78, 5) is 28.7. The van der Waals surface area contributed by atoms with E-state index in [9.17, 15) is 22.8 Å². The number of hydrogen-bond donors (Lipinski definition) is 0. The number of carbonyl (C=O) groups excluding carboxylic acids is 2. The van der Waals surface area contributed by atoms with Gasteiger partial charge in [-0.3, -0.25) is 9.80 Å². The van der Waals surface area contributed by atoms with E-state index in [1.165, 1.54) is 4.90 Å². The van der Waals surface area contributed by atoms with Crippen LogP contribution in [-0.4, -0.2) is 72.9 Å². The van der Waals surface area contributed by atoms with Crippen LogP contribution in [0.4, 0.5) is 22.8 Å². The molecule has 3 rings (SSSR count). The van der Waals surface area contributed by atoms with Crippen molar-refractivity contribution in [1.29, 1.82) is 0 Å². The molecule has 2 saturated heterocycles. The molecule has 196 valence electrons. The smallest absolute Gasteiger partial charge is 0.415 e. The predicted octanol–water partition coefficient (Wildman–Crippen LogP) is 5.56. The van der Waals surface area contributed by atoms with Crippen LogP contribution in [-0.2, 0) is 20.5 Å². The van der Waals surface area contributed by atoms with E-state index in [-0.39, 0.29) is 13.2 Å². The standard InChI is InChI=1S/C24H35F3N2O5Si/c1-23(2,3)33-22(31)29-17-12-13-18(29)19(20(24(25,26)27)34-35(4,5)6)28(14-17)21(30)32-15-16-10-8-7-9-11-16/h7-11,17-20H,12-15H2,1-6H3/t17-,18+,19+,20+/m1/s1. The van der Waals surface area contributed by atoms with Gasteiger partial charge in [0, 0.05) is 6.54 Å². The van der Waals surface area contributed by atoms with Crippen LogP contribution in [0, 0.1) is 0 Å². The first-order chi connectivity index (χ1) is 16.1. The quantitative estimate of drug-likeness (QED) is 0.480. The molecule has 2 aliphatic rings. The largest absolute Gasteiger partial charge is 0.445 e. The minimum Gasteiger partial charge on any atom is -0.445 e. The topological polar surface area (TPSA) is 68.3 Å². The van der Waals surface area contributed by atoms with Gasteiger partial charge in [-0.2, -0.15) is 13.2 Å². The van der Waals surface area contributed by atoms with E-state index in [0.29, 0.717) is 12.8 Å². The van der Waals surface area contributed by atoms with Crippen LogP contribution in [0.25, 0.3) is 0 Å². The third-order valence-electron chi connectivity index (χ3n) is 5.87. The molecule has 0 aromatic heterocycles. The second kappa shape index (κ2) is 10.0. The zero-order chi connectivity index (χ0) is 26.2. The predicted molar refractivity (Wildman–Crippen MR) is 126 cm³/mol. The summed E-state index contributed by atoms with van der Waals surface area (Å²) in [5.41, 5.74) is -0.0887. The zero-order valence-electron chi connectivity index (χ0n) is 21.1. The van der Waals surface area contributed by atoms with Gasteiger partial charge in [-0.05, 0) is 58.8 Å². The summed E-state index contributed by atoms with van der Waals surface area (Å²) in [5.74, 6) is 0. The number of halogens is 3. The van der Waals surface area contributed by atoms with Crippen molar-refractivity contribution in [3.63, 3.8) is 0 Å². The Hall–Kier alpha value is -2.27. The SMILES string of the molecule is CC(C)(C)OC(=O)N1[C@@H]2CC[C@H]1[C@@H]([C@H](O[Si](C)(C)C)C(F)(F)F)N(C(=O)OCc1ccccc1)C2. The van der Waals surface area contributed by atoms with Crippen molar-refractivity contribution in [2.75, 3.05) is 6.54 Å². The minimum atomic E-state index is -4.75. The van der Waals surface area contributed by atoms with Crippen LogP contribution in [0.5, 0.6) is 0 Å². The van der Waals surface area contributed by atoms with Crippen LogP contribution in [0.3, 0.4) is 0 Å². The van der Waals surface area contributed by atoms with Crippen LogP contribution in [0.15, 0.2) is 30.3 Å². The van der Waals surface area contributed by atoms with E-state index >= 15 is 0 Å². The average Bonchev–Trinajstić information content (AvgIpc) is 3.03. The number of nitrogens with zero attached hydrogens (tertiary/aromatic N) is 2. The van der Waals surface area contributed by atoms with Gasteiger partial charge >= 0.3 is 18.4 Å². The average molecular weight is 517 g/mol. The molecule has 35 heavy (non-hydrogen) atoms. The van der Waals surface area contributed by atoms with Crippen molar-refractivity contribution < 1.29 is 36.7 Å². The first-order valence-corrected chi connectivity index (χ1v) is 15.2. The molecular weight excluding hydrogens is 481 g/mol. The van der Waals surface area contributed by atoms with Crippen LogP contribution < -0.4 is 0 Å². The lowest BCUT2D eigenvalue weighted by atomic mass is 9.97. The fourth-order valence-electron chi connectivity index (χ4n) is 4.66. The van der Waals surface area contributed by atoms with Gasteiger partial charge in [0.25, 0.3) is 0 Å². The first-order valence-electron chi connectivity index (χ1n) is 11.8. The summed E-state index contributed by atoms with van der Waals surface area (Å²) < 4.78 is 59.9. The number of piperazine rings is 1. The van der Waals surface area contributed by atoms with Crippen LogP contribution >= 0.6 is 0 Å². The molecule has 2 bridgehead atoms. The van der Waals surface area contributed by atoms with Crippen LogP contribution in [0.2, 0.25) is 19.6 Å². The lowest BCUT2D eigenvalue weighted by molar-refractivity contribution is -0.222. The molecule has 0 spiro atoms. The summed E-state index contributed by atoms with van der Waals surface area (Å²) in [5, 5.41) is 0.